The molecule has 4 heteroatoms. The lowest BCUT2D eigenvalue weighted by atomic mass is 10.0. The van der Waals surface area contributed by atoms with Gasteiger partial charge in [0.1, 0.15) is 0 Å². The number of piperidine rings is 1. The third-order valence-corrected chi connectivity index (χ3v) is 3.82. The second-order valence-corrected chi connectivity index (χ2v) is 5.19. The minimum absolute atomic E-state index is 0.423. The lowest BCUT2D eigenvalue weighted by Crippen LogP contribution is -2.38. The van der Waals surface area contributed by atoms with Crippen molar-refractivity contribution in [3.63, 3.8) is 0 Å². The van der Waals surface area contributed by atoms with Gasteiger partial charge >= 0.3 is 0 Å². The van der Waals surface area contributed by atoms with Crippen LogP contribution in [0.5, 0.6) is 0 Å². The van der Waals surface area contributed by atoms with Crippen molar-refractivity contribution < 1.29 is 4.74 Å². The first-order valence-corrected chi connectivity index (χ1v) is 7.19. The number of pyridine rings is 1. The summed E-state index contributed by atoms with van der Waals surface area (Å²) < 4.78 is 5.71. The molecule has 0 atom stereocenters. The van der Waals surface area contributed by atoms with E-state index in [1.54, 1.807) is 0 Å². The maximum atomic E-state index is 5.89. The molecule has 4 nitrogen and oxygen atoms in total. The maximum Gasteiger partial charge on any atom is 0.0608 e. The molecule has 0 saturated carbocycles. The van der Waals surface area contributed by atoms with Crippen LogP contribution in [0.25, 0.3) is 0 Å². The minimum Gasteiger partial charge on any atom is -0.378 e. The average molecular weight is 263 g/mol. The molecule has 2 rings (SSSR count). The molecule has 1 aliphatic heterocycles. The van der Waals surface area contributed by atoms with Gasteiger partial charge in [-0.15, -0.1) is 0 Å². The lowest BCUT2D eigenvalue weighted by molar-refractivity contribution is 0.0459. The standard InChI is InChI=1S/C15H25N3O/c1-4-19-13-5-7-18(8-6-13)15-9-11(2)17-12(3)14(15)10-16/h9,13H,4-8,10,16H2,1-3H3. The summed E-state index contributed by atoms with van der Waals surface area (Å²) in [5, 5.41) is 0. The Labute approximate surface area is 116 Å². The first-order chi connectivity index (χ1) is 9.15. The fraction of sp³-hybridized carbons (Fsp3) is 0.667. The number of rotatable bonds is 4. The van der Waals surface area contributed by atoms with Gasteiger partial charge in [-0.1, -0.05) is 0 Å². The number of nitrogens with zero attached hydrogens (tertiary/aromatic N) is 2. The Morgan fingerprint density at radius 3 is 2.63 bits per heavy atom. The molecular weight excluding hydrogens is 238 g/mol. The van der Waals surface area contributed by atoms with Crippen LogP contribution in [0.2, 0.25) is 0 Å². The molecule has 0 aliphatic carbocycles. The van der Waals surface area contributed by atoms with Crippen molar-refractivity contribution in [2.24, 2.45) is 5.73 Å². The van der Waals surface area contributed by atoms with Gasteiger partial charge in [0, 0.05) is 48.9 Å². The zero-order valence-corrected chi connectivity index (χ0v) is 12.3. The van der Waals surface area contributed by atoms with Crippen LogP contribution in [0, 0.1) is 13.8 Å². The normalized spacial score (nSPS) is 16.9. The third-order valence-electron chi connectivity index (χ3n) is 3.82. The van der Waals surface area contributed by atoms with Gasteiger partial charge in [0.2, 0.25) is 0 Å². The highest BCUT2D eigenvalue weighted by Gasteiger charge is 2.22. The predicted octanol–water partition coefficient (Wildman–Crippen LogP) is 2.16. The van der Waals surface area contributed by atoms with Crippen LogP contribution in [-0.4, -0.2) is 30.8 Å². The summed E-state index contributed by atoms with van der Waals surface area (Å²) in [6.45, 7) is 9.61. The first-order valence-electron chi connectivity index (χ1n) is 7.19. The van der Waals surface area contributed by atoms with Crippen LogP contribution in [0.3, 0.4) is 0 Å². The molecule has 0 aromatic carbocycles. The average Bonchev–Trinajstić information content (AvgIpc) is 2.39. The first kappa shape index (κ1) is 14.3. The quantitative estimate of drug-likeness (QED) is 0.904. The molecule has 0 radical (unpaired) electrons. The largest absolute Gasteiger partial charge is 0.378 e. The Hall–Kier alpha value is -1.13. The molecule has 1 fully saturated rings. The lowest BCUT2D eigenvalue weighted by Gasteiger charge is -2.35. The Balaban J connectivity index is 2.15. The second kappa shape index (κ2) is 6.35. The van der Waals surface area contributed by atoms with Crippen molar-refractivity contribution in [1.82, 2.24) is 4.98 Å². The predicted molar refractivity (Wildman–Crippen MR) is 78.5 cm³/mol. The highest BCUT2D eigenvalue weighted by Crippen LogP contribution is 2.27. The van der Waals surface area contributed by atoms with E-state index in [0.717, 1.165) is 43.9 Å². The molecule has 1 saturated heterocycles. The van der Waals surface area contributed by atoms with Gasteiger partial charge in [-0.3, -0.25) is 4.98 Å². The summed E-state index contributed by atoms with van der Waals surface area (Å²) in [7, 11) is 0. The van der Waals surface area contributed by atoms with E-state index >= 15 is 0 Å². The van der Waals surface area contributed by atoms with E-state index in [-0.39, 0.29) is 0 Å². The van der Waals surface area contributed by atoms with Crippen LogP contribution in [0.15, 0.2) is 6.07 Å². The topological polar surface area (TPSA) is 51.4 Å². The number of aryl methyl sites for hydroxylation is 2. The summed E-state index contributed by atoms with van der Waals surface area (Å²) in [6.07, 6.45) is 2.61. The van der Waals surface area contributed by atoms with Crippen LogP contribution in [0.1, 0.15) is 36.7 Å². The Kier molecular flexibility index (Phi) is 4.77. The molecule has 19 heavy (non-hydrogen) atoms. The number of aromatic nitrogens is 1. The van der Waals surface area contributed by atoms with Gasteiger partial charge in [0.25, 0.3) is 0 Å². The van der Waals surface area contributed by atoms with Gasteiger partial charge < -0.3 is 15.4 Å². The monoisotopic (exact) mass is 263 g/mol. The van der Waals surface area contributed by atoms with Crippen LogP contribution in [-0.2, 0) is 11.3 Å². The van der Waals surface area contributed by atoms with E-state index in [1.807, 2.05) is 13.8 Å². The summed E-state index contributed by atoms with van der Waals surface area (Å²) in [6, 6.07) is 2.16. The molecule has 1 aliphatic rings. The molecule has 0 bridgehead atoms. The van der Waals surface area contributed by atoms with E-state index in [9.17, 15) is 0 Å². The second-order valence-electron chi connectivity index (χ2n) is 5.19. The van der Waals surface area contributed by atoms with Gasteiger partial charge in [0.05, 0.1) is 6.10 Å². The highest BCUT2D eigenvalue weighted by molar-refractivity contribution is 5.56. The Morgan fingerprint density at radius 2 is 2.05 bits per heavy atom. The van der Waals surface area contributed by atoms with E-state index < -0.39 is 0 Å². The molecule has 1 aromatic rings. The van der Waals surface area contributed by atoms with Crippen molar-refractivity contribution >= 4 is 5.69 Å². The molecule has 1 aromatic heterocycles. The fourth-order valence-corrected chi connectivity index (χ4v) is 2.87. The number of ether oxygens (including phenoxy) is 1. The van der Waals surface area contributed by atoms with Crippen LogP contribution < -0.4 is 10.6 Å². The van der Waals surface area contributed by atoms with Crippen molar-refractivity contribution in [2.75, 3.05) is 24.6 Å². The highest BCUT2D eigenvalue weighted by atomic mass is 16.5. The smallest absolute Gasteiger partial charge is 0.0608 e. The Morgan fingerprint density at radius 1 is 1.37 bits per heavy atom. The van der Waals surface area contributed by atoms with Crippen molar-refractivity contribution in [3.05, 3.63) is 23.0 Å². The van der Waals surface area contributed by atoms with Gasteiger partial charge in [-0.05, 0) is 39.7 Å². The van der Waals surface area contributed by atoms with E-state index in [2.05, 4.69) is 22.9 Å². The van der Waals surface area contributed by atoms with Gasteiger partial charge in [-0.2, -0.15) is 0 Å². The number of hydrogen-bond acceptors (Lipinski definition) is 4. The van der Waals surface area contributed by atoms with E-state index in [4.69, 9.17) is 10.5 Å². The summed E-state index contributed by atoms with van der Waals surface area (Å²) >= 11 is 0. The fourth-order valence-electron chi connectivity index (χ4n) is 2.87. The summed E-state index contributed by atoms with van der Waals surface area (Å²) in [4.78, 5) is 6.94. The molecule has 0 amide bonds. The number of nitrogens with two attached hydrogens (primary N) is 1. The zero-order valence-electron chi connectivity index (χ0n) is 12.3. The molecule has 106 valence electrons. The molecule has 0 spiro atoms. The number of anilines is 1. The van der Waals surface area contributed by atoms with Gasteiger partial charge in [-0.25, -0.2) is 0 Å². The molecule has 2 N–H and O–H groups in total. The Bertz CT molecular complexity index is 426. The van der Waals surface area contributed by atoms with E-state index in [1.165, 1.54) is 11.3 Å². The van der Waals surface area contributed by atoms with Crippen molar-refractivity contribution in [1.29, 1.82) is 0 Å². The zero-order chi connectivity index (χ0) is 13.8. The van der Waals surface area contributed by atoms with Gasteiger partial charge in [0.15, 0.2) is 0 Å². The summed E-state index contributed by atoms with van der Waals surface area (Å²) in [5.41, 5.74) is 10.5. The van der Waals surface area contributed by atoms with Crippen LogP contribution in [0.4, 0.5) is 5.69 Å². The van der Waals surface area contributed by atoms with Crippen LogP contribution >= 0.6 is 0 Å². The SMILES string of the molecule is CCOC1CCN(c2cc(C)nc(C)c2CN)CC1. The molecule has 0 unspecified atom stereocenters. The number of hydrogen-bond donors (Lipinski definition) is 1. The summed E-state index contributed by atoms with van der Waals surface area (Å²) in [5.74, 6) is 0. The third kappa shape index (κ3) is 3.25. The minimum atomic E-state index is 0.423. The van der Waals surface area contributed by atoms with E-state index in [0.29, 0.717) is 12.6 Å². The molecule has 2 heterocycles. The molecular formula is C15H25N3O. The van der Waals surface area contributed by atoms with Crippen molar-refractivity contribution in [2.45, 2.75) is 46.3 Å². The van der Waals surface area contributed by atoms with Crippen molar-refractivity contribution in [3.8, 4) is 0 Å². The maximum absolute atomic E-state index is 5.89.